The first kappa shape index (κ1) is 18.2. The Kier molecular flexibility index (Phi) is 4.39. The number of halogens is 1. The molecule has 0 saturated carbocycles. The molecule has 30 heavy (non-hydrogen) atoms. The van der Waals surface area contributed by atoms with Gasteiger partial charge in [-0.1, -0.05) is 54.6 Å². The van der Waals surface area contributed by atoms with Crippen LogP contribution in [0.25, 0.3) is 0 Å². The number of imide groups is 1. The van der Waals surface area contributed by atoms with Crippen LogP contribution in [-0.4, -0.2) is 33.2 Å². The minimum atomic E-state index is -0.885. The topological polar surface area (TPSA) is 49.6 Å². The first-order valence-corrected chi connectivity index (χ1v) is 9.66. The third-order valence-corrected chi connectivity index (χ3v) is 5.34. The standard InChI is InChI=1S/C24H18FN2O3/c25-18-12-10-17(11-13-18)14-26-21-19-8-4-5-9-20(19)30-22(21)23(28)27(24(26)29)15-16-6-2-1-3-7-16/h1-13,22H,14-15H2/q+1. The van der Waals surface area contributed by atoms with E-state index in [-0.39, 0.29) is 24.8 Å². The molecule has 0 N–H and O–H groups in total. The monoisotopic (exact) mass is 401 g/mol. The third-order valence-electron chi connectivity index (χ3n) is 5.34. The number of rotatable bonds is 4. The predicted octanol–water partition coefficient (Wildman–Crippen LogP) is 3.75. The van der Waals surface area contributed by atoms with E-state index in [0.29, 0.717) is 11.5 Å². The van der Waals surface area contributed by atoms with Gasteiger partial charge in [-0.3, -0.25) is 0 Å². The maximum absolute atomic E-state index is 13.4. The molecule has 0 aromatic heterocycles. The van der Waals surface area contributed by atoms with E-state index in [1.165, 1.54) is 17.0 Å². The highest BCUT2D eigenvalue weighted by Crippen LogP contribution is 2.33. The molecule has 0 saturated heterocycles. The Labute approximate surface area is 172 Å². The number of nitrogens with zero attached hydrogens (tertiary/aromatic N) is 2. The lowest BCUT2D eigenvalue weighted by molar-refractivity contribution is -0.457. The Morgan fingerprint density at radius 3 is 2.33 bits per heavy atom. The summed E-state index contributed by atoms with van der Waals surface area (Å²) < 4.78 is 20.9. The highest BCUT2D eigenvalue weighted by molar-refractivity contribution is 6.21. The van der Waals surface area contributed by atoms with Crippen molar-refractivity contribution in [1.29, 1.82) is 0 Å². The number of benzene rings is 3. The maximum atomic E-state index is 13.4. The van der Waals surface area contributed by atoms with Gasteiger partial charge in [-0.25, -0.2) is 9.18 Å². The molecule has 3 amide bonds. The van der Waals surface area contributed by atoms with E-state index < -0.39 is 12.1 Å². The van der Waals surface area contributed by atoms with Crippen molar-refractivity contribution in [1.82, 2.24) is 4.90 Å². The summed E-state index contributed by atoms with van der Waals surface area (Å²) in [5.74, 6) is -0.153. The van der Waals surface area contributed by atoms with Gasteiger partial charge < -0.3 is 4.74 Å². The maximum Gasteiger partial charge on any atom is 0.501 e. The number of carbonyl (C=O) groups excluding carboxylic acids is 2. The average Bonchev–Trinajstić information content (AvgIpc) is 3.16. The van der Waals surface area contributed by atoms with E-state index in [1.807, 2.05) is 48.5 Å². The second-order valence-electron chi connectivity index (χ2n) is 7.28. The molecule has 3 aromatic rings. The molecule has 5 rings (SSSR count). The SMILES string of the molecule is O=C1C2Oc3ccccc3C2=[N+](Cc2ccc(F)cc2)C(=O)N1Cc1ccccc1. The van der Waals surface area contributed by atoms with Gasteiger partial charge in [-0.15, -0.1) is 0 Å². The highest BCUT2D eigenvalue weighted by atomic mass is 19.1. The van der Waals surface area contributed by atoms with Crippen molar-refractivity contribution in [2.75, 3.05) is 0 Å². The minimum absolute atomic E-state index is 0.155. The molecule has 2 aliphatic heterocycles. The van der Waals surface area contributed by atoms with Gasteiger partial charge in [0, 0.05) is 0 Å². The molecule has 6 heteroatoms. The smallest absolute Gasteiger partial charge is 0.469 e. The van der Waals surface area contributed by atoms with Gasteiger partial charge in [0.25, 0.3) is 6.10 Å². The Morgan fingerprint density at radius 1 is 0.867 bits per heavy atom. The number of amides is 3. The van der Waals surface area contributed by atoms with Gasteiger partial charge in [-0.2, -0.15) is 14.3 Å². The molecular weight excluding hydrogens is 383 g/mol. The lowest BCUT2D eigenvalue weighted by Gasteiger charge is -2.24. The van der Waals surface area contributed by atoms with E-state index in [2.05, 4.69) is 0 Å². The number of ether oxygens (including phenoxy) is 1. The predicted molar refractivity (Wildman–Crippen MR) is 108 cm³/mol. The number of para-hydroxylation sites is 1. The summed E-state index contributed by atoms with van der Waals surface area (Å²) in [5.41, 5.74) is 2.87. The fourth-order valence-corrected chi connectivity index (χ4v) is 3.88. The van der Waals surface area contributed by atoms with Gasteiger partial charge in [0.1, 0.15) is 24.7 Å². The number of carbonyl (C=O) groups is 2. The van der Waals surface area contributed by atoms with Crippen LogP contribution in [0.3, 0.4) is 0 Å². The molecule has 0 fully saturated rings. The van der Waals surface area contributed by atoms with Gasteiger partial charge in [-0.05, 0) is 35.4 Å². The summed E-state index contributed by atoms with van der Waals surface area (Å²) in [4.78, 5) is 27.9. The Hall–Kier alpha value is -3.80. The van der Waals surface area contributed by atoms with Crippen LogP contribution in [0.15, 0.2) is 78.9 Å². The number of hydrogen-bond donors (Lipinski definition) is 0. The number of fused-ring (bicyclic) bond motifs is 3. The van der Waals surface area contributed by atoms with Crippen molar-refractivity contribution in [3.05, 3.63) is 101 Å². The number of urea groups is 1. The van der Waals surface area contributed by atoms with Crippen molar-refractivity contribution >= 4 is 17.6 Å². The fraction of sp³-hybridized carbons (Fsp3) is 0.125. The molecule has 1 atom stereocenters. The van der Waals surface area contributed by atoms with Crippen LogP contribution in [0.5, 0.6) is 5.75 Å². The molecule has 5 nitrogen and oxygen atoms in total. The first-order chi connectivity index (χ1) is 14.6. The molecule has 2 aliphatic rings. The van der Waals surface area contributed by atoms with E-state index in [0.717, 1.165) is 16.7 Å². The molecule has 0 bridgehead atoms. The van der Waals surface area contributed by atoms with Crippen LogP contribution in [-0.2, 0) is 17.9 Å². The van der Waals surface area contributed by atoms with Crippen LogP contribution in [0.1, 0.15) is 16.7 Å². The van der Waals surface area contributed by atoms with Crippen LogP contribution in [0, 0.1) is 5.82 Å². The van der Waals surface area contributed by atoms with Gasteiger partial charge in [0.2, 0.25) is 0 Å². The van der Waals surface area contributed by atoms with Gasteiger partial charge in [0.05, 0.1) is 5.56 Å². The van der Waals surface area contributed by atoms with E-state index >= 15 is 0 Å². The summed E-state index contributed by atoms with van der Waals surface area (Å²) in [6.07, 6.45) is -0.885. The minimum Gasteiger partial charge on any atom is -0.469 e. The Morgan fingerprint density at radius 2 is 1.57 bits per heavy atom. The van der Waals surface area contributed by atoms with Crippen molar-refractivity contribution in [2.45, 2.75) is 19.2 Å². The largest absolute Gasteiger partial charge is 0.501 e. The van der Waals surface area contributed by atoms with Crippen molar-refractivity contribution in [2.24, 2.45) is 0 Å². The molecule has 2 heterocycles. The lowest BCUT2D eigenvalue weighted by Crippen LogP contribution is -2.57. The molecule has 0 spiro atoms. The molecule has 148 valence electrons. The van der Waals surface area contributed by atoms with Gasteiger partial charge in [0.15, 0.2) is 5.71 Å². The second kappa shape index (κ2) is 7.22. The molecule has 3 aromatic carbocycles. The Bertz CT molecular complexity index is 1170. The van der Waals surface area contributed by atoms with Crippen LogP contribution < -0.4 is 4.74 Å². The average molecular weight is 401 g/mol. The zero-order chi connectivity index (χ0) is 20.7. The summed E-state index contributed by atoms with van der Waals surface area (Å²) in [5, 5.41) is 0. The lowest BCUT2D eigenvalue weighted by atomic mass is 10.0. The second-order valence-corrected chi connectivity index (χ2v) is 7.28. The molecule has 1 unspecified atom stereocenters. The zero-order valence-electron chi connectivity index (χ0n) is 16.0. The summed E-state index contributed by atoms with van der Waals surface area (Å²) in [6, 6.07) is 22.2. The summed E-state index contributed by atoms with van der Waals surface area (Å²) >= 11 is 0. The summed E-state index contributed by atoms with van der Waals surface area (Å²) in [7, 11) is 0. The Balaban J connectivity index is 1.60. The van der Waals surface area contributed by atoms with E-state index in [9.17, 15) is 14.0 Å². The fourth-order valence-electron chi connectivity index (χ4n) is 3.88. The van der Waals surface area contributed by atoms with Crippen molar-refractivity contribution < 1.29 is 23.3 Å². The van der Waals surface area contributed by atoms with E-state index in [1.54, 1.807) is 22.8 Å². The summed E-state index contributed by atoms with van der Waals surface area (Å²) in [6.45, 7) is 0.364. The molecule has 0 aliphatic carbocycles. The van der Waals surface area contributed by atoms with Crippen molar-refractivity contribution in [3.63, 3.8) is 0 Å². The number of hydrogen-bond acceptors (Lipinski definition) is 3. The van der Waals surface area contributed by atoms with E-state index in [4.69, 9.17) is 4.74 Å². The quantitative estimate of drug-likeness (QED) is 0.626. The van der Waals surface area contributed by atoms with Crippen LogP contribution in [0.2, 0.25) is 0 Å². The zero-order valence-corrected chi connectivity index (χ0v) is 16.0. The van der Waals surface area contributed by atoms with Crippen LogP contribution >= 0.6 is 0 Å². The highest BCUT2D eigenvalue weighted by Gasteiger charge is 2.53. The van der Waals surface area contributed by atoms with Crippen LogP contribution in [0.4, 0.5) is 9.18 Å². The third kappa shape index (κ3) is 3.06. The van der Waals surface area contributed by atoms with Crippen molar-refractivity contribution in [3.8, 4) is 5.75 Å². The van der Waals surface area contributed by atoms with Gasteiger partial charge >= 0.3 is 11.9 Å². The molecular formula is C24H18FN2O3+. The first-order valence-electron chi connectivity index (χ1n) is 9.66. The molecule has 0 radical (unpaired) electrons. The normalized spacial score (nSPS) is 17.6.